The first-order valence-electron chi connectivity index (χ1n) is 7.91. The summed E-state index contributed by atoms with van der Waals surface area (Å²) in [6.07, 6.45) is 1.12. The van der Waals surface area contributed by atoms with Crippen LogP contribution in [0.4, 0.5) is 10.5 Å². The van der Waals surface area contributed by atoms with Crippen LogP contribution in [-0.4, -0.2) is 30.3 Å². The third kappa shape index (κ3) is 2.73. The fourth-order valence-corrected chi connectivity index (χ4v) is 3.80. The molecule has 1 aliphatic carbocycles. The van der Waals surface area contributed by atoms with Crippen LogP contribution in [0.1, 0.15) is 38.3 Å². The van der Waals surface area contributed by atoms with Gasteiger partial charge in [-0.05, 0) is 37.0 Å². The Labute approximate surface area is 135 Å². The Morgan fingerprint density at radius 3 is 2.57 bits per heavy atom. The summed E-state index contributed by atoms with van der Waals surface area (Å²) in [7, 11) is 1.57. The van der Waals surface area contributed by atoms with E-state index in [0.29, 0.717) is 11.7 Å². The largest absolute Gasteiger partial charge is 0.497 e. The number of carboxylic acid groups (broad SMARTS) is 1. The molecule has 0 aromatic heterocycles. The van der Waals surface area contributed by atoms with Crippen LogP contribution in [0.15, 0.2) is 18.2 Å². The number of anilines is 1. The van der Waals surface area contributed by atoms with Crippen molar-refractivity contribution in [1.82, 2.24) is 5.32 Å². The Balaban J connectivity index is 2.13. The average Bonchev–Trinajstić information content (AvgIpc) is 3.32. The molecule has 1 aliphatic heterocycles. The SMILES string of the molecule is COc1ccc2c(c1)[C@H](NC(=O)O)[C@@H](C)[C@H](C1CC1)N2C(C)=O. The number of nitrogens with one attached hydrogen (secondary N) is 1. The highest BCUT2D eigenvalue weighted by Gasteiger charge is 2.47. The van der Waals surface area contributed by atoms with Crippen LogP contribution in [0.3, 0.4) is 0 Å². The molecule has 1 aromatic rings. The number of nitrogens with zero attached hydrogens (tertiary/aromatic N) is 1. The van der Waals surface area contributed by atoms with Gasteiger partial charge in [-0.1, -0.05) is 6.92 Å². The van der Waals surface area contributed by atoms with E-state index in [1.54, 1.807) is 14.0 Å². The molecule has 6 nitrogen and oxygen atoms in total. The van der Waals surface area contributed by atoms with E-state index in [2.05, 4.69) is 5.32 Å². The maximum atomic E-state index is 12.3. The van der Waals surface area contributed by atoms with E-state index >= 15 is 0 Å². The molecular weight excluding hydrogens is 296 g/mol. The van der Waals surface area contributed by atoms with E-state index in [0.717, 1.165) is 24.1 Å². The van der Waals surface area contributed by atoms with Gasteiger partial charge in [0.25, 0.3) is 0 Å². The lowest BCUT2D eigenvalue weighted by Crippen LogP contribution is -2.53. The van der Waals surface area contributed by atoms with Gasteiger partial charge in [-0.3, -0.25) is 4.79 Å². The Bertz CT molecular complexity index is 641. The van der Waals surface area contributed by atoms with Crippen molar-refractivity contribution in [3.63, 3.8) is 0 Å². The van der Waals surface area contributed by atoms with Gasteiger partial charge in [0.1, 0.15) is 5.75 Å². The molecule has 0 unspecified atom stereocenters. The third-order valence-corrected chi connectivity index (χ3v) is 4.92. The smallest absolute Gasteiger partial charge is 0.405 e. The topological polar surface area (TPSA) is 78.9 Å². The first kappa shape index (κ1) is 15.6. The van der Waals surface area contributed by atoms with Crippen molar-refractivity contribution < 1.29 is 19.4 Å². The van der Waals surface area contributed by atoms with Gasteiger partial charge in [-0.25, -0.2) is 4.79 Å². The second-order valence-corrected chi connectivity index (χ2v) is 6.43. The van der Waals surface area contributed by atoms with E-state index in [1.165, 1.54) is 0 Å². The lowest BCUT2D eigenvalue weighted by molar-refractivity contribution is -0.117. The van der Waals surface area contributed by atoms with Crippen LogP contribution in [0.25, 0.3) is 0 Å². The second-order valence-electron chi connectivity index (χ2n) is 6.43. The summed E-state index contributed by atoms with van der Waals surface area (Å²) in [6, 6.07) is 5.18. The van der Waals surface area contributed by atoms with Gasteiger partial charge in [0, 0.05) is 30.1 Å². The van der Waals surface area contributed by atoms with Crippen molar-refractivity contribution in [3.8, 4) is 5.75 Å². The van der Waals surface area contributed by atoms with Crippen LogP contribution >= 0.6 is 0 Å². The number of rotatable bonds is 3. The molecule has 6 heteroatoms. The minimum atomic E-state index is -1.05. The number of amides is 2. The van der Waals surface area contributed by atoms with Crippen LogP contribution in [0.5, 0.6) is 5.75 Å². The third-order valence-electron chi connectivity index (χ3n) is 4.92. The summed E-state index contributed by atoms with van der Waals surface area (Å²) in [4.78, 5) is 25.4. The molecule has 3 rings (SSSR count). The fourth-order valence-electron chi connectivity index (χ4n) is 3.80. The molecule has 2 N–H and O–H groups in total. The molecule has 1 heterocycles. The summed E-state index contributed by atoms with van der Waals surface area (Å²) >= 11 is 0. The van der Waals surface area contributed by atoms with Gasteiger partial charge in [-0.2, -0.15) is 0 Å². The number of carbonyl (C=O) groups excluding carboxylic acids is 1. The highest BCUT2D eigenvalue weighted by molar-refractivity contribution is 5.94. The minimum absolute atomic E-state index is 0.00195. The number of ether oxygens (including phenoxy) is 1. The lowest BCUT2D eigenvalue weighted by atomic mass is 9.80. The molecule has 2 amide bonds. The maximum absolute atomic E-state index is 12.3. The number of carbonyl (C=O) groups is 2. The molecule has 1 fully saturated rings. The quantitative estimate of drug-likeness (QED) is 0.898. The number of fused-ring (bicyclic) bond motifs is 1. The van der Waals surface area contributed by atoms with Crippen LogP contribution in [0.2, 0.25) is 0 Å². The van der Waals surface area contributed by atoms with Gasteiger partial charge >= 0.3 is 6.09 Å². The highest BCUT2D eigenvalue weighted by Crippen LogP contribution is 2.49. The van der Waals surface area contributed by atoms with Crippen LogP contribution < -0.4 is 15.0 Å². The second kappa shape index (κ2) is 5.76. The molecule has 3 atom stereocenters. The summed E-state index contributed by atoms with van der Waals surface area (Å²) < 4.78 is 5.27. The van der Waals surface area contributed by atoms with E-state index < -0.39 is 6.09 Å². The molecule has 0 bridgehead atoms. The molecule has 1 aromatic carbocycles. The normalized spacial score (nSPS) is 26.4. The van der Waals surface area contributed by atoms with Crippen molar-refractivity contribution in [1.29, 1.82) is 0 Å². The average molecular weight is 318 g/mol. The monoisotopic (exact) mass is 318 g/mol. The molecular formula is C17H22N2O4. The van der Waals surface area contributed by atoms with Crippen molar-refractivity contribution >= 4 is 17.7 Å². The van der Waals surface area contributed by atoms with Gasteiger partial charge in [0.05, 0.1) is 13.2 Å². The zero-order chi connectivity index (χ0) is 16.7. The van der Waals surface area contributed by atoms with Crippen LogP contribution in [-0.2, 0) is 4.79 Å². The first-order chi connectivity index (χ1) is 10.9. The first-order valence-corrected chi connectivity index (χ1v) is 7.91. The molecule has 0 spiro atoms. The number of benzene rings is 1. The number of methoxy groups -OCH3 is 1. The predicted octanol–water partition coefficient (Wildman–Crippen LogP) is 2.79. The summed E-state index contributed by atoms with van der Waals surface area (Å²) in [5.74, 6) is 1.10. The molecule has 23 heavy (non-hydrogen) atoms. The molecule has 0 radical (unpaired) electrons. The Morgan fingerprint density at radius 2 is 2.04 bits per heavy atom. The molecule has 0 saturated heterocycles. The predicted molar refractivity (Wildman–Crippen MR) is 85.7 cm³/mol. The zero-order valence-electron chi connectivity index (χ0n) is 13.6. The fraction of sp³-hybridized carbons (Fsp3) is 0.529. The zero-order valence-corrected chi connectivity index (χ0v) is 13.6. The standard InChI is InChI=1S/C17H22N2O4/c1-9-15(18-17(21)22)13-8-12(23-3)6-7-14(13)19(10(2)20)16(9)11-4-5-11/h6-9,11,15-16,18H,4-5H2,1-3H3,(H,21,22)/t9-,15-,16-/m1/s1. The van der Waals surface area contributed by atoms with Gasteiger partial charge < -0.3 is 20.1 Å². The van der Waals surface area contributed by atoms with E-state index in [1.807, 2.05) is 30.0 Å². The number of hydrogen-bond acceptors (Lipinski definition) is 3. The summed E-state index contributed by atoms with van der Waals surface area (Å²) in [6.45, 7) is 3.59. The molecule has 124 valence electrons. The van der Waals surface area contributed by atoms with Gasteiger partial charge in [0.15, 0.2) is 0 Å². The van der Waals surface area contributed by atoms with E-state index in [4.69, 9.17) is 4.74 Å². The molecule has 2 aliphatic rings. The Kier molecular flexibility index (Phi) is 3.92. The summed E-state index contributed by atoms with van der Waals surface area (Å²) in [5.41, 5.74) is 1.58. The van der Waals surface area contributed by atoms with E-state index in [-0.39, 0.29) is 23.9 Å². The lowest BCUT2D eigenvalue weighted by Gasteiger charge is -2.45. The maximum Gasteiger partial charge on any atom is 0.405 e. The Morgan fingerprint density at radius 1 is 1.35 bits per heavy atom. The number of hydrogen-bond donors (Lipinski definition) is 2. The van der Waals surface area contributed by atoms with Gasteiger partial charge in [-0.15, -0.1) is 0 Å². The highest BCUT2D eigenvalue weighted by atomic mass is 16.5. The van der Waals surface area contributed by atoms with E-state index in [9.17, 15) is 14.7 Å². The van der Waals surface area contributed by atoms with Crippen molar-refractivity contribution in [2.75, 3.05) is 12.0 Å². The van der Waals surface area contributed by atoms with Crippen molar-refractivity contribution in [2.24, 2.45) is 11.8 Å². The van der Waals surface area contributed by atoms with Crippen molar-refractivity contribution in [2.45, 2.75) is 38.8 Å². The van der Waals surface area contributed by atoms with Crippen LogP contribution in [0, 0.1) is 11.8 Å². The molecule has 1 saturated carbocycles. The van der Waals surface area contributed by atoms with Crippen molar-refractivity contribution in [3.05, 3.63) is 23.8 Å². The minimum Gasteiger partial charge on any atom is -0.497 e. The summed E-state index contributed by atoms with van der Waals surface area (Å²) in [5, 5.41) is 11.9. The Hall–Kier alpha value is -2.24. The van der Waals surface area contributed by atoms with Gasteiger partial charge in [0.2, 0.25) is 5.91 Å².